The number of hydrogen-bond donors (Lipinski definition) is 0. The van der Waals surface area contributed by atoms with Gasteiger partial charge in [0.25, 0.3) is 0 Å². The molecular weight excluding hydrogens is 436 g/mol. The smallest absolute Gasteiger partial charge is 0.222 e. The van der Waals surface area contributed by atoms with E-state index < -0.39 is 0 Å². The third-order valence-electron chi connectivity index (χ3n) is 8.44. The SMILES string of the molecule is O=C(CC1CCCCC1)N1CCC(Cn2ccc3cc(-c4cnn(C5CCCCO5)c4)ccc32)C1. The molecule has 2 unspecified atom stereocenters. The van der Waals surface area contributed by atoms with Gasteiger partial charge < -0.3 is 14.2 Å². The zero-order chi connectivity index (χ0) is 23.6. The Morgan fingerprint density at radius 1 is 0.971 bits per heavy atom. The van der Waals surface area contributed by atoms with Crippen molar-refractivity contribution < 1.29 is 9.53 Å². The molecule has 3 fully saturated rings. The molecule has 2 aliphatic heterocycles. The molecule has 0 bridgehead atoms. The van der Waals surface area contributed by atoms with Crippen LogP contribution in [0.2, 0.25) is 0 Å². The molecule has 35 heavy (non-hydrogen) atoms. The largest absolute Gasteiger partial charge is 0.357 e. The lowest BCUT2D eigenvalue weighted by atomic mass is 9.87. The van der Waals surface area contributed by atoms with Gasteiger partial charge in [-0.3, -0.25) is 4.79 Å². The van der Waals surface area contributed by atoms with Gasteiger partial charge in [0, 0.05) is 61.5 Å². The maximum atomic E-state index is 12.9. The maximum Gasteiger partial charge on any atom is 0.222 e. The third kappa shape index (κ3) is 5.04. The zero-order valence-electron chi connectivity index (χ0n) is 20.8. The second-order valence-corrected chi connectivity index (χ2v) is 11.0. The Hall–Kier alpha value is -2.60. The number of carbonyl (C=O) groups excluding carboxylic acids is 1. The van der Waals surface area contributed by atoms with Gasteiger partial charge in [-0.25, -0.2) is 4.68 Å². The Labute approximate surface area is 208 Å². The first kappa shape index (κ1) is 22.8. The Kier molecular flexibility index (Phi) is 6.64. The number of hydrogen-bond acceptors (Lipinski definition) is 3. The van der Waals surface area contributed by atoms with E-state index in [0.29, 0.717) is 17.7 Å². The van der Waals surface area contributed by atoms with Crippen molar-refractivity contribution in [3.05, 3.63) is 42.9 Å². The molecule has 1 aromatic carbocycles. The van der Waals surface area contributed by atoms with Gasteiger partial charge in [-0.1, -0.05) is 25.3 Å². The molecule has 3 aliphatic rings. The minimum absolute atomic E-state index is 0.0721. The van der Waals surface area contributed by atoms with E-state index in [0.717, 1.165) is 57.5 Å². The highest BCUT2D eigenvalue weighted by atomic mass is 16.5. The summed E-state index contributed by atoms with van der Waals surface area (Å²) in [6.45, 7) is 3.64. The van der Waals surface area contributed by atoms with E-state index in [-0.39, 0.29) is 6.23 Å². The standard InChI is InChI=1S/C29H38N4O2/c34-28(16-22-6-2-1-3-7-22)32-13-11-23(20-32)19-31-14-12-25-17-24(9-10-27(25)31)26-18-30-33(21-26)29-8-4-5-15-35-29/h9-10,12,14,17-18,21-23,29H,1-8,11,13,15-16,19-20H2. The molecule has 3 aromatic rings. The number of carbonyl (C=O) groups is 1. The normalized spacial score (nSPS) is 23.8. The van der Waals surface area contributed by atoms with E-state index in [9.17, 15) is 4.79 Å². The van der Waals surface area contributed by atoms with Crippen molar-refractivity contribution in [2.24, 2.45) is 11.8 Å². The predicted molar refractivity (Wildman–Crippen MR) is 138 cm³/mol. The van der Waals surface area contributed by atoms with Gasteiger partial charge in [0.1, 0.15) is 6.23 Å². The van der Waals surface area contributed by atoms with Crippen molar-refractivity contribution >= 4 is 16.8 Å². The van der Waals surface area contributed by atoms with E-state index >= 15 is 0 Å². The average Bonchev–Trinajstić information content (AvgIpc) is 3.66. The van der Waals surface area contributed by atoms with Crippen LogP contribution < -0.4 is 0 Å². The Morgan fingerprint density at radius 3 is 2.71 bits per heavy atom. The van der Waals surface area contributed by atoms with Gasteiger partial charge >= 0.3 is 0 Å². The van der Waals surface area contributed by atoms with Crippen molar-refractivity contribution in [2.45, 2.75) is 77.0 Å². The lowest BCUT2D eigenvalue weighted by Crippen LogP contribution is -2.31. The Morgan fingerprint density at radius 2 is 1.86 bits per heavy atom. The number of benzene rings is 1. The van der Waals surface area contributed by atoms with Crippen molar-refractivity contribution in [3.8, 4) is 11.1 Å². The Balaban J connectivity index is 1.09. The fourth-order valence-corrected chi connectivity index (χ4v) is 6.37. The summed E-state index contributed by atoms with van der Waals surface area (Å²) in [5.41, 5.74) is 3.60. The summed E-state index contributed by atoms with van der Waals surface area (Å²) in [6.07, 6.45) is 18.1. The van der Waals surface area contributed by atoms with Gasteiger partial charge in [-0.15, -0.1) is 0 Å². The van der Waals surface area contributed by atoms with Gasteiger partial charge in [-0.2, -0.15) is 5.10 Å². The first-order chi connectivity index (χ1) is 17.2. The highest BCUT2D eigenvalue weighted by Gasteiger charge is 2.28. The summed E-state index contributed by atoms with van der Waals surface area (Å²) in [4.78, 5) is 15.0. The van der Waals surface area contributed by atoms with E-state index in [1.54, 1.807) is 0 Å². The maximum absolute atomic E-state index is 12.9. The first-order valence-corrected chi connectivity index (χ1v) is 13.8. The van der Waals surface area contributed by atoms with E-state index in [1.807, 2.05) is 10.9 Å². The average molecular weight is 475 g/mol. The van der Waals surface area contributed by atoms with Crippen LogP contribution in [0.1, 0.15) is 70.4 Å². The summed E-state index contributed by atoms with van der Waals surface area (Å²) in [5, 5.41) is 5.84. The Bertz CT molecular complexity index is 1150. The van der Waals surface area contributed by atoms with E-state index in [2.05, 4.69) is 51.2 Å². The number of rotatable bonds is 6. The van der Waals surface area contributed by atoms with Gasteiger partial charge in [0.05, 0.1) is 6.20 Å². The molecule has 0 radical (unpaired) electrons. The minimum Gasteiger partial charge on any atom is -0.357 e. The van der Waals surface area contributed by atoms with Crippen LogP contribution in [-0.4, -0.2) is 44.9 Å². The fourth-order valence-electron chi connectivity index (χ4n) is 6.37. The second kappa shape index (κ2) is 10.2. The molecule has 0 spiro atoms. The number of amides is 1. The number of ether oxygens (including phenoxy) is 1. The zero-order valence-corrected chi connectivity index (χ0v) is 20.8. The van der Waals surface area contributed by atoms with Crippen molar-refractivity contribution in [3.63, 3.8) is 0 Å². The lowest BCUT2D eigenvalue weighted by Gasteiger charge is -2.24. The molecule has 0 N–H and O–H groups in total. The monoisotopic (exact) mass is 474 g/mol. The molecule has 4 heterocycles. The number of fused-ring (bicyclic) bond motifs is 1. The summed E-state index contributed by atoms with van der Waals surface area (Å²) >= 11 is 0. The van der Waals surface area contributed by atoms with Crippen LogP contribution >= 0.6 is 0 Å². The number of nitrogens with zero attached hydrogens (tertiary/aromatic N) is 4. The highest BCUT2D eigenvalue weighted by Crippen LogP contribution is 2.30. The molecule has 2 aromatic heterocycles. The number of likely N-dealkylation sites (tertiary alicyclic amines) is 1. The van der Waals surface area contributed by atoms with Crippen LogP contribution in [0.25, 0.3) is 22.0 Å². The van der Waals surface area contributed by atoms with Crippen LogP contribution in [0.3, 0.4) is 0 Å². The minimum atomic E-state index is 0.0721. The van der Waals surface area contributed by atoms with Crippen LogP contribution in [0.5, 0.6) is 0 Å². The van der Waals surface area contributed by atoms with Crippen molar-refractivity contribution in [1.29, 1.82) is 0 Å². The van der Waals surface area contributed by atoms with E-state index in [4.69, 9.17) is 4.74 Å². The molecule has 1 amide bonds. The van der Waals surface area contributed by atoms with Crippen molar-refractivity contribution in [2.75, 3.05) is 19.7 Å². The summed E-state index contributed by atoms with van der Waals surface area (Å²) in [6, 6.07) is 8.93. The van der Waals surface area contributed by atoms with Crippen molar-refractivity contribution in [1.82, 2.24) is 19.2 Å². The molecule has 2 atom stereocenters. The molecule has 1 aliphatic carbocycles. The molecular formula is C29H38N4O2. The van der Waals surface area contributed by atoms with Crippen LogP contribution in [0.15, 0.2) is 42.9 Å². The lowest BCUT2D eigenvalue weighted by molar-refractivity contribution is -0.131. The first-order valence-electron chi connectivity index (χ1n) is 13.8. The molecule has 2 saturated heterocycles. The van der Waals surface area contributed by atoms with Gasteiger partial charge in [0.15, 0.2) is 0 Å². The summed E-state index contributed by atoms with van der Waals surface area (Å²) in [7, 11) is 0. The molecule has 6 heteroatoms. The predicted octanol–water partition coefficient (Wildman–Crippen LogP) is 6.02. The molecule has 1 saturated carbocycles. The molecule has 6 rings (SSSR count). The fraction of sp³-hybridized carbons (Fsp3) is 0.586. The third-order valence-corrected chi connectivity index (χ3v) is 8.44. The van der Waals surface area contributed by atoms with Crippen LogP contribution in [-0.2, 0) is 16.1 Å². The molecule has 186 valence electrons. The van der Waals surface area contributed by atoms with Crippen LogP contribution in [0.4, 0.5) is 0 Å². The van der Waals surface area contributed by atoms with Gasteiger partial charge in [0.2, 0.25) is 5.91 Å². The topological polar surface area (TPSA) is 52.3 Å². The second-order valence-electron chi connectivity index (χ2n) is 11.0. The molecule has 6 nitrogen and oxygen atoms in total. The quantitative estimate of drug-likeness (QED) is 0.439. The number of aromatic nitrogens is 3. The van der Waals surface area contributed by atoms with Crippen LogP contribution in [0, 0.1) is 11.8 Å². The summed E-state index contributed by atoms with van der Waals surface area (Å²) < 4.78 is 10.2. The summed E-state index contributed by atoms with van der Waals surface area (Å²) in [5.74, 6) is 1.55. The van der Waals surface area contributed by atoms with Gasteiger partial charge in [-0.05, 0) is 74.1 Å². The van der Waals surface area contributed by atoms with E-state index in [1.165, 1.54) is 55.0 Å². The highest BCUT2D eigenvalue weighted by molar-refractivity contribution is 5.85.